The highest BCUT2D eigenvalue weighted by atomic mass is 32.1. The molecule has 0 bridgehead atoms. The summed E-state index contributed by atoms with van der Waals surface area (Å²) in [5.41, 5.74) is 0. The van der Waals surface area contributed by atoms with E-state index in [-0.39, 0.29) is 0 Å². The van der Waals surface area contributed by atoms with Crippen molar-refractivity contribution in [1.29, 1.82) is 0 Å². The van der Waals surface area contributed by atoms with Crippen LogP contribution in [0.5, 0.6) is 0 Å². The number of hydrogen-bond acceptors (Lipinski definition) is 2. The lowest BCUT2D eigenvalue weighted by Gasteiger charge is -2.32. The second-order valence-electron chi connectivity index (χ2n) is 6.29. The third-order valence-electron chi connectivity index (χ3n) is 4.38. The Labute approximate surface area is 122 Å². The van der Waals surface area contributed by atoms with Gasteiger partial charge in [-0.25, -0.2) is 0 Å². The van der Waals surface area contributed by atoms with Crippen LogP contribution < -0.4 is 5.32 Å². The van der Waals surface area contributed by atoms with E-state index in [9.17, 15) is 0 Å². The average Bonchev–Trinajstić information content (AvgIpc) is 2.85. The summed E-state index contributed by atoms with van der Waals surface area (Å²) in [4.78, 5) is 3.15. The molecule has 1 fully saturated rings. The van der Waals surface area contributed by atoms with Crippen LogP contribution >= 0.6 is 11.3 Å². The summed E-state index contributed by atoms with van der Waals surface area (Å²) in [6.07, 6.45) is 8.24. The molecule has 1 nitrogen and oxygen atoms in total. The van der Waals surface area contributed by atoms with E-state index >= 15 is 0 Å². The minimum atomic E-state index is 0.621. The van der Waals surface area contributed by atoms with E-state index < -0.39 is 0 Å². The van der Waals surface area contributed by atoms with Crippen molar-refractivity contribution in [1.82, 2.24) is 5.32 Å². The molecule has 1 aromatic rings. The number of thiophene rings is 1. The second kappa shape index (κ2) is 7.44. The normalized spacial score (nSPS) is 24.0. The molecule has 2 atom stereocenters. The Kier molecular flexibility index (Phi) is 5.90. The number of hydrogen-bond donors (Lipinski definition) is 1. The lowest BCUT2D eigenvalue weighted by Crippen LogP contribution is -2.34. The molecule has 19 heavy (non-hydrogen) atoms. The van der Waals surface area contributed by atoms with E-state index in [0.717, 1.165) is 11.8 Å². The Hall–Kier alpha value is -0.340. The lowest BCUT2D eigenvalue weighted by atomic mass is 9.77. The molecule has 108 valence electrons. The summed E-state index contributed by atoms with van der Waals surface area (Å²) >= 11 is 2.03. The van der Waals surface area contributed by atoms with E-state index in [2.05, 4.69) is 38.2 Å². The van der Waals surface area contributed by atoms with Crippen LogP contribution in [0, 0.1) is 11.8 Å². The van der Waals surface area contributed by atoms with Crippen molar-refractivity contribution in [2.45, 2.75) is 65.3 Å². The third-order valence-corrected chi connectivity index (χ3v) is 5.64. The van der Waals surface area contributed by atoms with Crippen LogP contribution in [0.3, 0.4) is 0 Å². The smallest absolute Gasteiger partial charge is 0.00510 e. The Bertz CT molecular complexity index is 369. The third kappa shape index (κ3) is 4.61. The molecular formula is C17H29NS. The maximum atomic E-state index is 3.65. The fraction of sp³-hybridized carbons (Fsp3) is 0.765. The van der Waals surface area contributed by atoms with Gasteiger partial charge in [0.1, 0.15) is 0 Å². The van der Waals surface area contributed by atoms with Crippen LogP contribution in [-0.2, 0) is 12.8 Å². The van der Waals surface area contributed by atoms with Crippen molar-refractivity contribution >= 4 is 11.3 Å². The summed E-state index contributed by atoms with van der Waals surface area (Å²) in [6.45, 7) is 7.98. The number of rotatable bonds is 6. The van der Waals surface area contributed by atoms with Gasteiger partial charge in [0.2, 0.25) is 0 Å². The quantitative estimate of drug-likeness (QED) is 0.798. The molecule has 0 aromatic carbocycles. The molecule has 0 radical (unpaired) electrons. The van der Waals surface area contributed by atoms with Crippen LogP contribution in [0.15, 0.2) is 12.1 Å². The Morgan fingerprint density at radius 2 is 1.84 bits per heavy atom. The highest BCUT2D eigenvalue weighted by Gasteiger charge is 2.25. The zero-order valence-electron chi connectivity index (χ0n) is 12.7. The van der Waals surface area contributed by atoms with Gasteiger partial charge >= 0.3 is 0 Å². The molecule has 1 N–H and O–H groups in total. The van der Waals surface area contributed by atoms with Gasteiger partial charge in [-0.2, -0.15) is 0 Å². The highest BCUT2D eigenvalue weighted by molar-refractivity contribution is 7.11. The molecule has 0 saturated heterocycles. The standard InChI is InChI=1S/C17H29NS/c1-4-16-9-10-17(19-16)11-14-7-5-6-8-15(14)12-18-13(2)3/h9-10,13-15,18H,4-8,11-12H2,1-3H3. The Morgan fingerprint density at radius 3 is 2.47 bits per heavy atom. The van der Waals surface area contributed by atoms with E-state index in [1.54, 1.807) is 9.75 Å². The monoisotopic (exact) mass is 279 g/mol. The molecule has 0 aliphatic heterocycles. The SMILES string of the molecule is CCc1ccc(CC2CCCCC2CNC(C)C)s1. The molecule has 2 heteroatoms. The van der Waals surface area contributed by atoms with Crippen LogP contribution in [0.25, 0.3) is 0 Å². The summed E-state index contributed by atoms with van der Waals surface area (Å²) in [5.74, 6) is 1.80. The number of aryl methyl sites for hydroxylation is 1. The predicted octanol–water partition coefficient (Wildman–Crippen LogP) is 4.66. The topological polar surface area (TPSA) is 12.0 Å². The van der Waals surface area contributed by atoms with Gasteiger partial charge in [0, 0.05) is 15.8 Å². The van der Waals surface area contributed by atoms with Crippen molar-refractivity contribution in [2.24, 2.45) is 11.8 Å². The molecule has 0 amide bonds. The van der Waals surface area contributed by atoms with Crippen molar-refractivity contribution < 1.29 is 0 Å². The second-order valence-corrected chi connectivity index (χ2v) is 7.55. The molecule has 1 aliphatic carbocycles. The minimum absolute atomic E-state index is 0.621. The van der Waals surface area contributed by atoms with Gasteiger partial charge < -0.3 is 5.32 Å². The predicted molar refractivity (Wildman–Crippen MR) is 86.0 cm³/mol. The van der Waals surface area contributed by atoms with Crippen molar-refractivity contribution in [3.05, 3.63) is 21.9 Å². The summed E-state index contributed by atoms with van der Waals surface area (Å²) in [6, 6.07) is 5.31. The van der Waals surface area contributed by atoms with Gasteiger partial charge in [-0.1, -0.05) is 33.6 Å². The van der Waals surface area contributed by atoms with Gasteiger partial charge in [0.15, 0.2) is 0 Å². The Balaban J connectivity index is 1.91. The molecular weight excluding hydrogens is 250 g/mol. The zero-order chi connectivity index (χ0) is 13.7. The van der Waals surface area contributed by atoms with Crippen LogP contribution in [0.1, 0.15) is 56.2 Å². The summed E-state index contributed by atoms with van der Waals surface area (Å²) in [7, 11) is 0. The van der Waals surface area contributed by atoms with Crippen molar-refractivity contribution in [3.63, 3.8) is 0 Å². The first-order valence-electron chi connectivity index (χ1n) is 8.00. The van der Waals surface area contributed by atoms with E-state index in [0.29, 0.717) is 6.04 Å². The molecule has 1 saturated carbocycles. The van der Waals surface area contributed by atoms with Gasteiger partial charge in [-0.3, -0.25) is 0 Å². The molecule has 2 unspecified atom stereocenters. The average molecular weight is 279 g/mol. The molecule has 0 spiro atoms. The van der Waals surface area contributed by atoms with E-state index in [1.807, 2.05) is 11.3 Å². The van der Waals surface area contributed by atoms with Crippen LogP contribution in [-0.4, -0.2) is 12.6 Å². The molecule has 1 aromatic heterocycles. The van der Waals surface area contributed by atoms with Crippen LogP contribution in [0.4, 0.5) is 0 Å². The highest BCUT2D eigenvalue weighted by Crippen LogP contribution is 2.33. The molecule has 1 aliphatic rings. The first-order chi connectivity index (χ1) is 9.19. The first kappa shape index (κ1) is 15.1. The van der Waals surface area contributed by atoms with Crippen molar-refractivity contribution in [3.8, 4) is 0 Å². The molecule has 1 heterocycles. The van der Waals surface area contributed by atoms with E-state index in [4.69, 9.17) is 0 Å². The van der Waals surface area contributed by atoms with Crippen molar-refractivity contribution in [2.75, 3.05) is 6.54 Å². The van der Waals surface area contributed by atoms with Gasteiger partial charge in [0.25, 0.3) is 0 Å². The fourth-order valence-electron chi connectivity index (χ4n) is 3.19. The molecule has 2 rings (SSSR count). The van der Waals surface area contributed by atoms with E-state index in [1.165, 1.54) is 45.1 Å². The van der Waals surface area contributed by atoms with Crippen LogP contribution in [0.2, 0.25) is 0 Å². The largest absolute Gasteiger partial charge is 0.314 e. The minimum Gasteiger partial charge on any atom is -0.314 e. The summed E-state index contributed by atoms with van der Waals surface area (Å²) < 4.78 is 0. The number of nitrogens with one attached hydrogen (secondary N) is 1. The maximum Gasteiger partial charge on any atom is 0.00510 e. The zero-order valence-corrected chi connectivity index (χ0v) is 13.6. The maximum absolute atomic E-state index is 3.65. The lowest BCUT2D eigenvalue weighted by molar-refractivity contribution is 0.225. The summed E-state index contributed by atoms with van der Waals surface area (Å²) in [5, 5.41) is 3.65. The van der Waals surface area contributed by atoms with Gasteiger partial charge in [0.05, 0.1) is 0 Å². The Morgan fingerprint density at radius 1 is 1.16 bits per heavy atom. The fourth-order valence-corrected chi connectivity index (χ4v) is 4.24. The van der Waals surface area contributed by atoms with Gasteiger partial charge in [-0.15, -0.1) is 11.3 Å². The first-order valence-corrected chi connectivity index (χ1v) is 8.81. The van der Waals surface area contributed by atoms with Gasteiger partial charge in [-0.05, 0) is 56.2 Å².